The van der Waals surface area contributed by atoms with Crippen molar-refractivity contribution in [2.75, 3.05) is 13.0 Å². The summed E-state index contributed by atoms with van der Waals surface area (Å²) in [5.41, 5.74) is 0.979. The van der Waals surface area contributed by atoms with E-state index < -0.39 is 19.7 Å². The highest BCUT2D eigenvalue weighted by Gasteiger charge is 2.33. The number of hydrogen-bond acceptors (Lipinski definition) is 7. The zero-order chi connectivity index (χ0) is 27.3. The highest BCUT2D eigenvalue weighted by Crippen LogP contribution is 2.49. The van der Waals surface area contributed by atoms with E-state index in [2.05, 4.69) is 26.8 Å². The van der Waals surface area contributed by atoms with Crippen molar-refractivity contribution >= 4 is 19.6 Å². The topological polar surface area (TPSA) is 91.3 Å². The molecule has 0 radical (unpaired) electrons. The van der Waals surface area contributed by atoms with Crippen LogP contribution in [0.5, 0.6) is 11.5 Å². The summed E-state index contributed by atoms with van der Waals surface area (Å²) in [5, 5.41) is 10.5. The van der Waals surface area contributed by atoms with Gasteiger partial charge in [-0.2, -0.15) is 0 Å². The molecule has 7 nitrogen and oxygen atoms in total. The molecule has 204 valence electrons. The van der Waals surface area contributed by atoms with Crippen molar-refractivity contribution in [3.05, 3.63) is 66.2 Å². The first-order valence-electron chi connectivity index (χ1n) is 13.0. The molecular formula is C29H41O7P. The van der Waals surface area contributed by atoms with Gasteiger partial charge in [0.2, 0.25) is 6.35 Å². The standard InChI is InChI=1S/C29H41O7P/c1-6-25(7-2)28(30)22(4)13-12-14-24-17-19-26(20-18-24)34-21-37(32,35-23(5)29(31)33-8-3)36-27-15-10-9-11-16-27/h9-12,14-20,22-23,25,28,30H,6-8,13,21H2,1-5H3/b14-12+/t22-,23+,28-,37?/m1/s1. The van der Waals surface area contributed by atoms with Crippen LogP contribution in [-0.4, -0.2) is 36.2 Å². The molecule has 0 saturated carbocycles. The number of rotatable bonds is 16. The number of esters is 1. The van der Waals surface area contributed by atoms with Gasteiger partial charge >= 0.3 is 13.6 Å². The smallest absolute Gasteiger partial charge is 0.417 e. The predicted molar refractivity (Wildman–Crippen MR) is 147 cm³/mol. The maximum absolute atomic E-state index is 13.5. The second-order valence-electron chi connectivity index (χ2n) is 9.04. The lowest BCUT2D eigenvalue weighted by Crippen LogP contribution is -2.26. The Balaban J connectivity index is 2.00. The quantitative estimate of drug-likeness (QED) is 0.182. The highest BCUT2D eigenvalue weighted by atomic mass is 31.2. The summed E-state index contributed by atoms with van der Waals surface area (Å²) in [6, 6.07) is 15.9. The maximum atomic E-state index is 13.5. The molecule has 37 heavy (non-hydrogen) atoms. The molecule has 0 aromatic heterocycles. The summed E-state index contributed by atoms with van der Waals surface area (Å²) in [7, 11) is -3.86. The Morgan fingerprint density at radius 2 is 1.62 bits per heavy atom. The van der Waals surface area contributed by atoms with E-state index in [0.29, 0.717) is 17.4 Å². The van der Waals surface area contributed by atoms with Gasteiger partial charge in [0.05, 0.1) is 12.7 Å². The summed E-state index contributed by atoms with van der Waals surface area (Å²) < 4.78 is 35.4. The van der Waals surface area contributed by atoms with Crippen LogP contribution in [0.25, 0.3) is 6.08 Å². The van der Waals surface area contributed by atoms with Crippen LogP contribution < -0.4 is 9.26 Å². The van der Waals surface area contributed by atoms with Gasteiger partial charge < -0.3 is 19.1 Å². The van der Waals surface area contributed by atoms with Crippen molar-refractivity contribution in [2.45, 2.75) is 66.1 Å². The van der Waals surface area contributed by atoms with Gasteiger partial charge in [-0.25, -0.2) is 9.36 Å². The molecule has 0 aliphatic carbocycles. The fourth-order valence-corrected chi connectivity index (χ4v) is 5.36. The second kappa shape index (κ2) is 15.6. The van der Waals surface area contributed by atoms with E-state index in [4.69, 9.17) is 18.5 Å². The van der Waals surface area contributed by atoms with E-state index in [1.165, 1.54) is 6.92 Å². The minimum absolute atomic E-state index is 0.180. The minimum Gasteiger partial charge on any atom is -0.480 e. The maximum Gasteiger partial charge on any atom is 0.417 e. The number of hydrogen-bond donors (Lipinski definition) is 1. The van der Waals surface area contributed by atoms with E-state index in [1.807, 2.05) is 24.3 Å². The van der Waals surface area contributed by atoms with Gasteiger partial charge in [-0.1, -0.05) is 76.1 Å². The van der Waals surface area contributed by atoms with Crippen LogP contribution in [0.4, 0.5) is 0 Å². The molecule has 0 amide bonds. The third-order valence-electron chi connectivity index (χ3n) is 6.13. The van der Waals surface area contributed by atoms with Crippen LogP contribution in [0.1, 0.15) is 59.4 Å². The Morgan fingerprint density at radius 1 is 0.973 bits per heavy atom. The molecule has 2 aromatic carbocycles. The van der Waals surface area contributed by atoms with Crippen LogP contribution in [0, 0.1) is 11.8 Å². The molecule has 0 aliphatic heterocycles. The second-order valence-corrected chi connectivity index (χ2v) is 10.9. The number of carbonyl (C=O) groups is 1. The van der Waals surface area contributed by atoms with Crippen molar-refractivity contribution in [3.8, 4) is 11.5 Å². The van der Waals surface area contributed by atoms with Crippen LogP contribution in [-0.2, 0) is 18.6 Å². The number of aliphatic hydroxyl groups excluding tert-OH is 1. The number of benzene rings is 2. The molecule has 0 bridgehead atoms. The average Bonchev–Trinajstić information content (AvgIpc) is 2.89. The fourth-order valence-electron chi connectivity index (χ4n) is 3.89. The molecule has 8 heteroatoms. The molecule has 0 aliphatic rings. The molecule has 2 aromatic rings. The Labute approximate surface area is 221 Å². The van der Waals surface area contributed by atoms with Crippen LogP contribution in [0.15, 0.2) is 60.7 Å². The number of allylic oxidation sites excluding steroid dienone is 1. The van der Waals surface area contributed by atoms with E-state index in [-0.39, 0.29) is 25.0 Å². The molecule has 1 unspecified atom stereocenters. The summed E-state index contributed by atoms with van der Waals surface area (Å²) in [6.45, 7) is 9.64. The third kappa shape index (κ3) is 10.4. The Kier molecular flexibility index (Phi) is 12.9. The summed E-state index contributed by atoms with van der Waals surface area (Å²) in [5.74, 6) is 0.705. The molecule has 0 heterocycles. The van der Waals surface area contributed by atoms with Crippen molar-refractivity contribution in [2.24, 2.45) is 11.8 Å². The van der Waals surface area contributed by atoms with Gasteiger partial charge in [-0.15, -0.1) is 0 Å². The molecular weight excluding hydrogens is 491 g/mol. The van der Waals surface area contributed by atoms with Gasteiger partial charge in [-0.3, -0.25) is 4.52 Å². The number of para-hydroxylation sites is 1. The molecule has 1 N–H and O–H groups in total. The summed E-state index contributed by atoms with van der Waals surface area (Å²) in [4.78, 5) is 12.0. The van der Waals surface area contributed by atoms with Gasteiger partial charge in [0.1, 0.15) is 11.5 Å². The molecule has 4 atom stereocenters. The number of carbonyl (C=O) groups excluding carboxylic acids is 1. The Hall–Kier alpha value is -2.60. The van der Waals surface area contributed by atoms with Crippen LogP contribution in [0.3, 0.4) is 0 Å². The van der Waals surface area contributed by atoms with Gasteiger partial charge in [0.15, 0.2) is 6.10 Å². The monoisotopic (exact) mass is 532 g/mol. The zero-order valence-electron chi connectivity index (χ0n) is 22.5. The normalized spacial score (nSPS) is 15.6. The van der Waals surface area contributed by atoms with Gasteiger partial charge in [-0.05, 0) is 61.9 Å². The van der Waals surface area contributed by atoms with E-state index in [1.54, 1.807) is 43.3 Å². The summed E-state index contributed by atoms with van der Waals surface area (Å²) in [6.07, 6.45) is 5.03. The predicted octanol–water partition coefficient (Wildman–Crippen LogP) is 7.10. The lowest BCUT2D eigenvalue weighted by molar-refractivity contribution is -0.150. The van der Waals surface area contributed by atoms with Crippen LogP contribution in [0.2, 0.25) is 0 Å². The third-order valence-corrected chi connectivity index (χ3v) is 7.70. The zero-order valence-corrected chi connectivity index (χ0v) is 23.4. The minimum atomic E-state index is -3.86. The van der Waals surface area contributed by atoms with Crippen molar-refractivity contribution in [1.82, 2.24) is 0 Å². The van der Waals surface area contributed by atoms with E-state index in [0.717, 1.165) is 24.8 Å². The first-order chi connectivity index (χ1) is 17.7. The lowest BCUT2D eigenvalue weighted by atomic mass is 9.86. The molecule has 0 fully saturated rings. The average molecular weight is 533 g/mol. The number of ether oxygens (including phenoxy) is 2. The van der Waals surface area contributed by atoms with Crippen LogP contribution >= 0.6 is 7.60 Å². The first kappa shape index (κ1) is 30.6. The van der Waals surface area contributed by atoms with Crippen molar-refractivity contribution in [3.63, 3.8) is 0 Å². The molecule has 0 saturated heterocycles. The lowest BCUT2D eigenvalue weighted by Gasteiger charge is -2.25. The number of aliphatic hydroxyl groups is 1. The molecule has 0 spiro atoms. The SMILES string of the molecule is CCOC(=O)[C@H](C)OP(=O)(COc1ccc(/C=C/C[C@@H](C)[C@@H](O)C(CC)CC)cc1)Oc1ccccc1. The largest absolute Gasteiger partial charge is 0.480 e. The van der Waals surface area contributed by atoms with Gasteiger partial charge in [0.25, 0.3) is 0 Å². The van der Waals surface area contributed by atoms with E-state index in [9.17, 15) is 14.5 Å². The van der Waals surface area contributed by atoms with Crippen molar-refractivity contribution < 1.29 is 33.0 Å². The Bertz CT molecular complexity index is 1000. The fraction of sp³-hybridized carbons (Fsp3) is 0.483. The Morgan fingerprint density at radius 3 is 2.22 bits per heavy atom. The molecule has 2 rings (SSSR count). The summed E-state index contributed by atoms with van der Waals surface area (Å²) >= 11 is 0. The highest BCUT2D eigenvalue weighted by molar-refractivity contribution is 7.54. The van der Waals surface area contributed by atoms with E-state index >= 15 is 0 Å². The van der Waals surface area contributed by atoms with Crippen molar-refractivity contribution in [1.29, 1.82) is 0 Å². The van der Waals surface area contributed by atoms with Gasteiger partial charge in [0, 0.05) is 0 Å². The first-order valence-corrected chi connectivity index (χ1v) is 14.7.